The Morgan fingerprint density at radius 2 is 2.00 bits per heavy atom. The minimum Gasteiger partial charge on any atom is -0.396 e. The fraction of sp³-hybridized carbons (Fsp3) is 0.909. The molecule has 0 saturated heterocycles. The third-order valence-electron chi connectivity index (χ3n) is 2.88. The molecule has 0 aromatic heterocycles. The van der Waals surface area contributed by atoms with Crippen molar-refractivity contribution in [2.24, 2.45) is 5.92 Å². The summed E-state index contributed by atoms with van der Waals surface area (Å²) in [5.41, 5.74) is 0. The molecule has 0 aromatic carbocycles. The number of aliphatic hydroxyl groups is 1. The van der Waals surface area contributed by atoms with Crippen LogP contribution in [0.4, 0.5) is 0 Å². The van der Waals surface area contributed by atoms with Crippen LogP contribution in [0.15, 0.2) is 0 Å². The highest BCUT2D eigenvalue weighted by Gasteiger charge is 2.23. The van der Waals surface area contributed by atoms with Gasteiger partial charge in [0.05, 0.1) is 13.2 Å². The lowest BCUT2D eigenvalue weighted by atomic mass is 9.81. The molecule has 0 aliphatic heterocycles. The van der Waals surface area contributed by atoms with E-state index in [0.717, 1.165) is 6.61 Å². The average molecular weight is 185 g/mol. The van der Waals surface area contributed by atoms with Gasteiger partial charge in [-0.15, -0.1) is 0 Å². The average Bonchev–Trinajstić information content (AvgIpc) is 2.21. The van der Waals surface area contributed by atoms with Gasteiger partial charge in [-0.2, -0.15) is 0 Å². The molecule has 0 atom stereocenters. The van der Waals surface area contributed by atoms with Crippen LogP contribution in [0.2, 0.25) is 0 Å². The van der Waals surface area contributed by atoms with Crippen molar-refractivity contribution in [3.8, 4) is 0 Å². The molecule has 0 heterocycles. The van der Waals surface area contributed by atoms with Gasteiger partial charge in [0, 0.05) is 12.5 Å². The Morgan fingerprint density at radius 3 is 2.54 bits per heavy atom. The zero-order chi connectivity index (χ0) is 9.52. The van der Waals surface area contributed by atoms with Gasteiger partial charge in [0.15, 0.2) is 0 Å². The van der Waals surface area contributed by atoms with Crippen molar-refractivity contribution in [3.63, 3.8) is 0 Å². The van der Waals surface area contributed by atoms with Gasteiger partial charge < -0.3 is 9.84 Å². The second-order valence-electron chi connectivity index (χ2n) is 3.79. The Labute approximate surface area is 81.3 Å². The molecule has 1 saturated carbocycles. The molecular weight excluding hydrogens is 164 g/mol. The molecule has 2 heteroatoms. The van der Waals surface area contributed by atoms with Crippen LogP contribution in [-0.4, -0.2) is 24.9 Å². The maximum absolute atomic E-state index is 9.19. The smallest absolute Gasteiger partial charge is 0.0554 e. The summed E-state index contributed by atoms with van der Waals surface area (Å²) < 4.78 is 5.34. The lowest BCUT2D eigenvalue weighted by Gasteiger charge is -2.28. The number of hydrogen-bond acceptors (Lipinski definition) is 2. The molecule has 1 radical (unpaired) electrons. The largest absolute Gasteiger partial charge is 0.396 e. The first-order valence-electron chi connectivity index (χ1n) is 5.41. The predicted octanol–water partition coefficient (Wildman–Crippen LogP) is 2.17. The Morgan fingerprint density at radius 1 is 1.31 bits per heavy atom. The molecule has 0 aromatic rings. The van der Waals surface area contributed by atoms with Crippen LogP contribution in [0.25, 0.3) is 0 Å². The van der Waals surface area contributed by atoms with Crippen molar-refractivity contribution in [1.29, 1.82) is 0 Å². The van der Waals surface area contributed by atoms with Gasteiger partial charge in [0.25, 0.3) is 0 Å². The fourth-order valence-corrected chi connectivity index (χ4v) is 2.04. The van der Waals surface area contributed by atoms with Crippen LogP contribution >= 0.6 is 0 Å². The second kappa shape index (κ2) is 6.39. The topological polar surface area (TPSA) is 29.5 Å². The molecule has 13 heavy (non-hydrogen) atoms. The molecule has 0 bridgehead atoms. The molecule has 1 N–H and O–H groups in total. The highest BCUT2D eigenvalue weighted by molar-refractivity contribution is 4.97. The van der Waals surface area contributed by atoms with Crippen molar-refractivity contribution in [2.45, 2.75) is 39.0 Å². The summed E-state index contributed by atoms with van der Waals surface area (Å²) in [6, 6.07) is 0. The van der Waals surface area contributed by atoms with Crippen LogP contribution in [0.3, 0.4) is 0 Å². The van der Waals surface area contributed by atoms with Gasteiger partial charge in [-0.05, 0) is 25.7 Å². The Kier molecular flexibility index (Phi) is 5.40. The molecule has 1 fully saturated rings. The molecule has 1 rings (SSSR count). The molecule has 2 nitrogen and oxygen atoms in total. The van der Waals surface area contributed by atoms with Crippen molar-refractivity contribution in [1.82, 2.24) is 0 Å². The number of aliphatic hydroxyl groups excluding tert-OH is 1. The van der Waals surface area contributed by atoms with Gasteiger partial charge in [0.2, 0.25) is 0 Å². The van der Waals surface area contributed by atoms with E-state index in [0.29, 0.717) is 12.5 Å². The first-order chi connectivity index (χ1) is 6.38. The predicted molar refractivity (Wildman–Crippen MR) is 53.4 cm³/mol. The Bertz CT molecular complexity index is 119. The minimum absolute atomic E-state index is 0.213. The molecule has 0 amide bonds. The van der Waals surface area contributed by atoms with Crippen LogP contribution in [0, 0.1) is 11.8 Å². The Balaban J connectivity index is 2.26. The zero-order valence-electron chi connectivity index (χ0n) is 8.59. The van der Waals surface area contributed by atoms with Crippen molar-refractivity contribution >= 4 is 0 Å². The van der Waals surface area contributed by atoms with E-state index < -0.39 is 0 Å². The monoisotopic (exact) mass is 185 g/mol. The van der Waals surface area contributed by atoms with Crippen LogP contribution < -0.4 is 0 Å². The summed E-state index contributed by atoms with van der Waals surface area (Å²) in [4.78, 5) is 0. The number of rotatable bonds is 5. The van der Waals surface area contributed by atoms with Crippen LogP contribution in [-0.2, 0) is 4.74 Å². The van der Waals surface area contributed by atoms with Crippen molar-refractivity contribution < 1.29 is 9.84 Å². The number of ether oxygens (including phenoxy) is 1. The molecule has 1 aliphatic carbocycles. The summed E-state index contributed by atoms with van der Waals surface area (Å²) in [5.74, 6) is 1.84. The van der Waals surface area contributed by atoms with E-state index >= 15 is 0 Å². The molecule has 0 spiro atoms. The Hall–Kier alpha value is -0.0800. The molecule has 77 valence electrons. The lowest BCUT2D eigenvalue weighted by molar-refractivity contribution is 0.119. The van der Waals surface area contributed by atoms with Gasteiger partial charge in [0.1, 0.15) is 0 Å². The van der Waals surface area contributed by atoms with Crippen LogP contribution in [0.5, 0.6) is 0 Å². The third-order valence-corrected chi connectivity index (χ3v) is 2.88. The summed E-state index contributed by atoms with van der Waals surface area (Å²) in [6.07, 6.45) is 6.51. The number of hydrogen-bond donors (Lipinski definition) is 1. The summed E-state index contributed by atoms with van der Waals surface area (Å²) in [7, 11) is 0. The third kappa shape index (κ3) is 3.65. The quantitative estimate of drug-likeness (QED) is 0.711. The van der Waals surface area contributed by atoms with Gasteiger partial charge in [-0.3, -0.25) is 0 Å². The van der Waals surface area contributed by atoms with E-state index in [1.807, 2.05) is 6.92 Å². The van der Waals surface area contributed by atoms with E-state index in [9.17, 15) is 5.11 Å². The first kappa shape index (κ1) is 11.0. The maximum atomic E-state index is 9.19. The minimum atomic E-state index is 0.213. The van der Waals surface area contributed by atoms with E-state index in [4.69, 9.17) is 4.74 Å². The molecule has 1 aliphatic rings. The fourth-order valence-electron chi connectivity index (χ4n) is 2.04. The lowest BCUT2D eigenvalue weighted by Crippen LogP contribution is -2.23. The SMILES string of the molecule is CCOC[C](CO)C1CCCCC1. The van der Waals surface area contributed by atoms with Gasteiger partial charge in [-0.25, -0.2) is 0 Å². The highest BCUT2D eigenvalue weighted by atomic mass is 16.5. The second-order valence-corrected chi connectivity index (χ2v) is 3.79. The summed E-state index contributed by atoms with van der Waals surface area (Å²) in [6.45, 7) is 3.62. The van der Waals surface area contributed by atoms with Gasteiger partial charge >= 0.3 is 0 Å². The molecule has 0 unspecified atom stereocenters. The highest BCUT2D eigenvalue weighted by Crippen LogP contribution is 2.31. The van der Waals surface area contributed by atoms with E-state index in [1.54, 1.807) is 0 Å². The first-order valence-corrected chi connectivity index (χ1v) is 5.41. The molecular formula is C11H21O2. The summed E-state index contributed by atoms with van der Waals surface area (Å²) in [5, 5.41) is 9.19. The summed E-state index contributed by atoms with van der Waals surface area (Å²) >= 11 is 0. The maximum Gasteiger partial charge on any atom is 0.0554 e. The van der Waals surface area contributed by atoms with E-state index in [2.05, 4.69) is 0 Å². The zero-order valence-corrected chi connectivity index (χ0v) is 8.59. The van der Waals surface area contributed by atoms with Crippen molar-refractivity contribution in [3.05, 3.63) is 5.92 Å². The van der Waals surface area contributed by atoms with Crippen molar-refractivity contribution in [2.75, 3.05) is 19.8 Å². The van der Waals surface area contributed by atoms with Gasteiger partial charge in [-0.1, -0.05) is 19.3 Å². The normalized spacial score (nSPS) is 19.6. The van der Waals surface area contributed by atoms with E-state index in [-0.39, 0.29) is 6.61 Å². The standard InChI is InChI=1S/C11H21O2/c1-2-13-9-11(8-12)10-6-4-3-5-7-10/h10,12H,2-9H2,1H3. The van der Waals surface area contributed by atoms with Crippen LogP contribution in [0.1, 0.15) is 39.0 Å². The van der Waals surface area contributed by atoms with E-state index in [1.165, 1.54) is 38.0 Å².